The smallest absolute Gasteiger partial charge is 0.253 e. The molecule has 0 heterocycles. The highest BCUT2D eigenvalue weighted by Crippen LogP contribution is 2.28. The van der Waals surface area contributed by atoms with Crippen molar-refractivity contribution >= 4 is 27.5 Å². The molecule has 0 atom stereocenters. The molecule has 2 nitrogen and oxygen atoms in total. The number of anilines is 1. The topological polar surface area (TPSA) is 20.3 Å². The van der Waals surface area contributed by atoms with Crippen molar-refractivity contribution < 1.29 is 4.79 Å². The van der Waals surface area contributed by atoms with E-state index in [-0.39, 0.29) is 5.91 Å². The first-order chi connectivity index (χ1) is 9.59. The molecular weight excluding hydrogens is 314 g/mol. The number of carbonyl (C=O) groups is 1. The highest BCUT2D eigenvalue weighted by Gasteiger charge is 2.18. The van der Waals surface area contributed by atoms with E-state index in [1.807, 2.05) is 54.6 Å². The lowest BCUT2D eigenvalue weighted by Gasteiger charge is -2.24. The van der Waals surface area contributed by atoms with Crippen LogP contribution in [0.5, 0.6) is 0 Å². The summed E-state index contributed by atoms with van der Waals surface area (Å²) in [6.45, 7) is 6.02. The van der Waals surface area contributed by atoms with Crippen molar-refractivity contribution in [1.82, 2.24) is 0 Å². The second-order valence-electron chi connectivity index (χ2n) is 4.61. The van der Waals surface area contributed by atoms with Gasteiger partial charge in [0.15, 0.2) is 0 Å². The van der Waals surface area contributed by atoms with E-state index in [2.05, 4.69) is 22.5 Å². The van der Waals surface area contributed by atoms with Crippen molar-refractivity contribution in [3.05, 3.63) is 76.8 Å². The molecule has 0 aliphatic carbocycles. The second kappa shape index (κ2) is 6.53. The zero-order chi connectivity index (χ0) is 14.5. The number of benzene rings is 2. The Hall–Kier alpha value is -1.87. The lowest BCUT2D eigenvalue weighted by molar-refractivity contribution is -0.115. The summed E-state index contributed by atoms with van der Waals surface area (Å²) in [5, 5.41) is 0. The van der Waals surface area contributed by atoms with Crippen LogP contribution in [0, 0.1) is 0 Å². The number of para-hydroxylation sites is 1. The minimum absolute atomic E-state index is 0.0687. The molecule has 0 saturated heterocycles. The summed E-state index contributed by atoms with van der Waals surface area (Å²) in [4.78, 5) is 14.1. The van der Waals surface area contributed by atoms with E-state index in [0.717, 1.165) is 15.7 Å². The fraction of sp³-hybridized carbons (Fsp3) is 0.118. The van der Waals surface area contributed by atoms with Crippen LogP contribution < -0.4 is 4.90 Å². The fourth-order valence-corrected chi connectivity index (χ4v) is 2.43. The van der Waals surface area contributed by atoms with Crippen LogP contribution in [0.4, 0.5) is 5.69 Å². The molecule has 0 aliphatic heterocycles. The summed E-state index contributed by atoms with van der Waals surface area (Å²) < 4.78 is 0.894. The lowest BCUT2D eigenvalue weighted by Crippen LogP contribution is -2.31. The first-order valence-electron chi connectivity index (χ1n) is 6.35. The van der Waals surface area contributed by atoms with Crippen molar-refractivity contribution in [2.75, 3.05) is 4.90 Å². The molecule has 2 aromatic rings. The number of halogens is 1. The van der Waals surface area contributed by atoms with Crippen LogP contribution in [0.1, 0.15) is 12.5 Å². The summed E-state index contributed by atoms with van der Waals surface area (Å²) in [6, 6.07) is 17.6. The SMILES string of the molecule is C=C(C)C(=O)N(Cc1ccccc1)c1ccccc1Br. The van der Waals surface area contributed by atoms with Crippen LogP contribution in [-0.4, -0.2) is 5.91 Å². The van der Waals surface area contributed by atoms with Crippen LogP contribution in [0.25, 0.3) is 0 Å². The number of amides is 1. The third-order valence-corrected chi connectivity index (χ3v) is 3.61. The number of carbonyl (C=O) groups excluding carboxylic acids is 1. The van der Waals surface area contributed by atoms with Crippen LogP contribution >= 0.6 is 15.9 Å². The van der Waals surface area contributed by atoms with Crippen molar-refractivity contribution in [3.8, 4) is 0 Å². The molecule has 1 amide bonds. The maximum atomic E-state index is 12.4. The van der Waals surface area contributed by atoms with Gasteiger partial charge < -0.3 is 4.90 Å². The van der Waals surface area contributed by atoms with Gasteiger partial charge in [-0.3, -0.25) is 4.79 Å². The van der Waals surface area contributed by atoms with Gasteiger partial charge in [0, 0.05) is 10.0 Å². The van der Waals surface area contributed by atoms with Crippen LogP contribution in [0.15, 0.2) is 71.2 Å². The van der Waals surface area contributed by atoms with Crippen molar-refractivity contribution in [2.45, 2.75) is 13.5 Å². The average molecular weight is 330 g/mol. The molecule has 3 heteroatoms. The van der Waals surface area contributed by atoms with Gasteiger partial charge in [0.05, 0.1) is 12.2 Å². The summed E-state index contributed by atoms with van der Waals surface area (Å²) in [7, 11) is 0. The maximum absolute atomic E-state index is 12.4. The zero-order valence-corrected chi connectivity index (χ0v) is 12.9. The summed E-state index contributed by atoms with van der Waals surface area (Å²) >= 11 is 3.50. The van der Waals surface area contributed by atoms with E-state index >= 15 is 0 Å². The molecule has 20 heavy (non-hydrogen) atoms. The highest BCUT2D eigenvalue weighted by atomic mass is 79.9. The van der Waals surface area contributed by atoms with E-state index in [1.165, 1.54) is 0 Å². The first-order valence-corrected chi connectivity index (χ1v) is 7.14. The van der Waals surface area contributed by atoms with Gasteiger partial charge in [-0.2, -0.15) is 0 Å². The number of hydrogen-bond donors (Lipinski definition) is 0. The molecule has 2 rings (SSSR count). The van der Waals surface area contributed by atoms with Gasteiger partial charge in [-0.05, 0) is 40.5 Å². The van der Waals surface area contributed by atoms with Gasteiger partial charge in [0.1, 0.15) is 0 Å². The van der Waals surface area contributed by atoms with Crippen molar-refractivity contribution in [2.24, 2.45) is 0 Å². The normalized spacial score (nSPS) is 10.1. The molecule has 0 N–H and O–H groups in total. The van der Waals surface area contributed by atoms with Gasteiger partial charge in [-0.1, -0.05) is 49.0 Å². The van der Waals surface area contributed by atoms with Gasteiger partial charge in [-0.15, -0.1) is 0 Å². The Morgan fingerprint density at radius 2 is 1.70 bits per heavy atom. The molecule has 0 bridgehead atoms. The van der Waals surface area contributed by atoms with Crippen LogP contribution in [-0.2, 0) is 11.3 Å². The van der Waals surface area contributed by atoms with Crippen LogP contribution in [0.3, 0.4) is 0 Å². The third-order valence-electron chi connectivity index (χ3n) is 2.94. The number of nitrogens with zero attached hydrogens (tertiary/aromatic N) is 1. The largest absolute Gasteiger partial charge is 0.303 e. The average Bonchev–Trinajstić information content (AvgIpc) is 2.46. The second-order valence-corrected chi connectivity index (χ2v) is 5.46. The zero-order valence-electron chi connectivity index (χ0n) is 11.3. The Labute approximate surface area is 127 Å². The van der Waals surface area contributed by atoms with E-state index in [9.17, 15) is 4.79 Å². The number of hydrogen-bond acceptors (Lipinski definition) is 1. The Bertz CT molecular complexity index is 622. The molecule has 0 fully saturated rings. The first kappa shape index (κ1) is 14.5. The Kier molecular flexibility index (Phi) is 4.74. The number of rotatable bonds is 4. The minimum Gasteiger partial charge on any atom is -0.303 e. The third kappa shape index (κ3) is 3.36. The minimum atomic E-state index is -0.0687. The molecule has 0 aromatic heterocycles. The van der Waals surface area contributed by atoms with Crippen LogP contribution in [0.2, 0.25) is 0 Å². The maximum Gasteiger partial charge on any atom is 0.253 e. The highest BCUT2D eigenvalue weighted by molar-refractivity contribution is 9.10. The summed E-state index contributed by atoms with van der Waals surface area (Å²) in [5.41, 5.74) is 2.46. The molecule has 0 spiro atoms. The van der Waals surface area contributed by atoms with E-state index in [0.29, 0.717) is 12.1 Å². The Morgan fingerprint density at radius 3 is 2.30 bits per heavy atom. The summed E-state index contributed by atoms with van der Waals surface area (Å²) in [5.74, 6) is -0.0687. The van der Waals surface area contributed by atoms with Gasteiger partial charge >= 0.3 is 0 Å². The molecule has 0 aliphatic rings. The Balaban J connectivity index is 2.38. The quantitative estimate of drug-likeness (QED) is 0.753. The standard InChI is InChI=1S/C17H16BrNO/c1-13(2)17(20)19(12-14-8-4-3-5-9-14)16-11-7-6-10-15(16)18/h3-11H,1,12H2,2H3. The van der Waals surface area contributed by atoms with Crippen molar-refractivity contribution in [3.63, 3.8) is 0 Å². The predicted molar refractivity (Wildman–Crippen MR) is 86.6 cm³/mol. The molecule has 0 radical (unpaired) electrons. The van der Waals surface area contributed by atoms with Gasteiger partial charge in [0.25, 0.3) is 5.91 Å². The molecule has 0 unspecified atom stereocenters. The molecular formula is C17H16BrNO. The summed E-state index contributed by atoms with van der Waals surface area (Å²) in [6.07, 6.45) is 0. The lowest BCUT2D eigenvalue weighted by atomic mass is 10.1. The van der Waals surface area contributed by atoms with E-state index in [1.54, 1.807) is 11.8 Å². The molecule has 0 saturated carbocycles. The van der Waals surface area contributed by atoms with Crippen molar-refractivity contribution in [1.29, 1.82) is 0 Å². The Morgan fingerprint density at radius 1 is 1.10 bits per heavy atom. The molecule has 2 aromatic carbocycles. The van der Waals surface area contributed by atoms with Gasteiger partial charge in [-0.25, -0.2) is 0 Å². The fourth-order valence-electron chi connectivity index (χ4n) is 1.93. The van der Waals surface area contributed by atoms with E-state index in [4.69, 9.17) is 0 Å². The van der Waals surface area contributed by atoms with E-state index < -0.39 is 0 Å². The molecule has 102 valence electrons. The monoisotopic (exact) mass is 329 g/mol. The predicted octanol–water partition coefficient (Wildman–Crippen LogP) is 4.56. The van der Waals surface area contributed by atoms with Gasteiger partial charge in [0.2, 0.25) is 0 Å².